The molecule has 162 valence electrons. The second-order valence-corrected chi connectivity index (χ2v) is 9.10. The second kappa shape index (κ2) is 9.98. The molecule has 4 rings (SSSR count). The van der Waals surface area contributed by atoms with Crippen LogP contribution in [0.15, 0.2) is 77.7 Å². The molecule has 3 aromatic carbocycles. The van der Waals surface area contributed by atoms with E-state index in [1.54, 1.807) is 19.1 Å². The Balaban J connectivity index is 1.44. The van der Waals surface area contributed by atoms with Crippen LogP contribution in [0.4, 0.5) is 22.7 Å². The largest absolute Gasteiger partial charge is 0.495 e. The van der Waals surface area contributed by atoms with Crippen LogP contribution in [0.5, 0.6) is 5.75 Å². The molecule has 0 aromatic heterocycles. The van der Waals surface area contributed by atoms with Gasteiger partial charge in [-0.2, -0.15) is 0 Å². The maximum Gasteiger partial charge on any atom is 0.142 e. The minimum atomic E-state index is 0.939. The van der Waals surface area contributed by atoms with Crippen LogP contribution in [-0.4, -0.2) is 51.7 Å². The zero-order valence-corrected chi connectivity index (χ0v) is 19.2. The predicted octanol–water partition coefficient (Wildman–Crippen LogP) is 5.33. The number of rotatable bonds is 7. The van der Waals surface area contributed by atoms with E-state index in [-0.39, 0.29) is 0 Å². The van der Waals surface area contributed by atoms with Crippen molar-refractivity contribution in [3.05, 3.63) is 72.8 Å². The summed E-state index contributed by atoms with van der Waals surface area (Å²) in [6.45, 7) is 3.86. The number of benzene rings is 3. The average Bonchev–Trinajstić information content (AvgIpc) is 2.80. The van der Waals surface area contributed by atoms with Gasteiger partial charge in [0.25, 0.3) is 0 Å². The van der Waals surface area contributed by atoms with E-state index in [1.807, 2.05) is 12.1 Å². The van der Waals surface area contributed by atoms with E-state index in [0.29, 0.717) is 0 Å². The lowest BCUT2D eigenvalue weighted by molar-refractivity contribution is 0.413. The van der Waals surface area contributed by atoms with E-state index < -0.39 is 0 Å². The number of methoxy groups -OCH3 is 1. The summed E-state index contributed by atoms with van der Waals surface area (Å²) >= 11 is 1.72. The molecular formula is C25H30N4OS. The maximum atomic E-state index is 5.56. The first kappa shape index (κ1) is 21.4. The highest BCUT2D eigenvalue weighted by molar-refractivity contribution is 7.97. The van der Waals surface area contributed by atoms with Gasteiger partial charge in [-0.05, 0) is 74.6 Å². The molecule has 1 heterocycles. The molecule has 0 saturated carbocycles. The zero-order valence-electron chi connectivity index (χ0n) is 18.4. The molecule has 0 radical (unpaired) electrons. The molecule has 0 atom stereocenters. The van der Waals surface area contributed by atoms with Gasteiger partial charge in [0.1, 0.15) is 5.75 Å². The molecule has 5 nitrogen and oxygen atoms in total. The lowest BCUT2D eigenvalue weighted by Gasteiger charge is -2.38. The first-order chi connectivity index (χ1) is 15.1. The smallest absolute Gasteiger partial charge is 0.142 e. The summed E-state index contributed by atoms with van der Waals surface area (Å²) in [4.78, 5) is 6.10. The SMILES string of the molecule is COc1ccccc1N1CCN(c2ccccc2Nc2ccc(SN(C)C)cc2)CC1. The topological polar surface area (TPSA) is 31.0 Å². The van der Waals surface area contributed by atoms with Gasteiger partial charge in [0.05, 0.1) is 24.2 Å². The Labute approximate surface area is 189 Å². The highest BCUT2D eigenvalue weighted by Crippen LogP contribution is 2.33. The van der Waals surface area contributed by atoms with Crippen molar-refractivity contribution in [2.75, 3.05) is 62.5 Å². The van der Waals surface area contributed by atoms with Crippen molar-refractivity contribution in [1.29, 1.82) is 0 Å². The molecule has 1 saturated heterocycles. The van der Waals surface area contributed by atoms with E-state index in [0.717, 1.165) is 43.3 Å². The Morgan fingerprint density at radius 1 is 0.774 bits per heavy atom. The fourth-order valence-corrected chi connectivity index (χ4v) is 4.58. The fraction of sp³-hybridized carbons (Fsp3) is 0.280. The molecule has 3 aromatic rings. The van der Waals surface area contributed by atoms with Crippen LogP contribution in [0.3, 0.4) is 0 Å². The minimum Gasteiger partial charge on any atom is -0.495 e. The Morgan fingerprint density at radius 2 is 1.35 bits per heavy atom. The van der Waals surface area contributed by atoms with Crippen LogP contribution in [-0.2, 0) is 0 Å². The van der Waals surface area contributed by atoms with Crippen LogP contribution in [0, 0.1) is 0 Å². The summed E-state index contributed by atoms with van der Waals surface area (Å²) in [5.74, 6) is 0.939. The number of hydrogen-bond donors (Lipinski definition) is 1. The van der Waals surface area contributed by atoms with Gasteiger partial charge in [-0.15, -0.1) is 0 Å². The van der Waals surface area contributed by atoms with E-state index in [9.17, 15) is 0 Å². The van der Waals surface area contributed by atoms with Crippen molar-refractivity contribution in [3.63, 3.8) is 0 Å². The van der Waals surface area contributed by atoms with Gasteiger partial charge in [-0.25, -0.2) is 0 Å². The molecule has 1 aliphatic heterocycles. The average molecular weight is 435 g/mol. The van der Waals surface area contributed by atoms with Crippen molar-refractivity contribution < 1.29 is 4.74 Å². The Hall–Kier alpha value is -2.83. The van der Waals surface area contributed by atoms with E-state index in [2.05, 4.69) is 94.2 Å². The molecule has 0 bridgehead atoms. The first-order valence-corrected chi connectivity index (χ1v) is 11.4. The number of piperazine rings is 1. The van der Waals surface area contributed by atoms with Crippen LogP contribution >= 0.6 is 11.9 Å². The Bertz CT molecular complexity index is 985. The highest BCUT2D eigenvalue weighted by Gasteiger charge is 2.21. The molecule has 1 aliphatic rings. The molecule has 31 heavy (non-hydrogen) atoms. The normalized spacial score (nSPS) is 14.1. The third-order valence-corrected chi connectivity index (χ3v) is 6.22. The van der Waals surface area contributed by atoms with Gasteiger partial charge in [0, 0.05) is 36.8 Å². The summed E-state index contributed by atoms with van der Waals surface area (Å²) in [7, 11) is 5.85. The summed E-state index contributed by atoms with van der Waals surface area (Å²) in [6, 6.07) is 25.4. The van der Waals surface area contributed by atoms with Gasteiger partial charge >= 0.3 is 0 Å². The number of nitrogens with one attached hydrogen (secondary N) is 1. The standard InChI is InChI=1S/C25H30N4OS/c1-27(2)31-21-14-12-20(13-15-21)26-22-8-4-5-9-23(22)28-16-18-29(19-17-28)24-10-6-7-11-25(24)30-3/h4-15,26H,16-19H2,1-3H3. The molecule has 0 aliphatic carbocycles. The molecule has 0 spiro atoms. The van der Waals surface area contributed by atoms with Gasteiger partial charge in [0.2, 0.25) is 0 Å². The molecule has 0 unspecified atom stereocenters. The van der Waals surface area contributed by atoms with Crippen molar-refractivity contribution in [2.45, 2.75) is 4.90 Å². The lowest BCUT2D eigenvalue weighted by atomic mass is 10.2. The van der Waals surface area contributed by atoms with Gasteiger partial charge in [-0.1, -0.05) is 24.3 Å². The van der Waals surface area contributed by atoms with Crippen LogP contribution in [0.1, 0.15) is 0 Å². The molecule has 1 fully saturated rings. The monoisotopic (exact) mass is 434 g/mol. The van der Waals surface area contributed by atoms with E-state index in [1.165, 1.54) is 16.3 Å². The number of ether oxygens (including phenoxy) is 1. The highest BCUT2D eigenvalue weighted by atomic mass is 32.2. The fourth-order valence-electron chi connectivity index (χ4n) is 3.90. The quantitative estimate of drug-likeness (QED) is 0.506. The summed E-state index contributed by atoms with van der Waals surface area (Å²) in [5, 5.41) is 3.61. The van der Waals surface area contributed by atoms with E-state index in [4.69, 9.17) is 4.74 Å². The molecular weight excluding hydrogens is 404 g/mol. The number of anilines is 4. The van der Waals surface area contributed by atoms with E-state index >= 15 is 0 Å². The second-order valence-electron chi connectivity index (χ2n) is 7.72. The third kappa shape index (κ3) is 5.27. The minimum absolute atomic E-state index is 0.939. The van der Waals surface area contributed by atoms with Gasteiger partial charge in [-0.3, -0.25) is 4.31 Å². The summed E-state index contributed by atoms with van der Waals surface area (Å²) in [5.41, 5.74) is 4.66. The first-order valence-electron chi connectivity index (χ1n) is 10.6. The summed E-state index contributed by atoms with van der Waals surface area (Å²) < 4.78 is 7.66. The Morgan fingerprint density at radius 3 is 2.00 bits per heavy atom. The van der Waals surface area contributed by atoms with Crippen LogP contribution in [0.25, 0.3) is 0 Å². The molecule has 0 amide bonds. The van der Waals surface area contributed by atoms with Crippen molar-refractivity contribution in [2.24, 2.45) is 0 Å². The number of para-hydroxylation sites is 4. The summed E-state index contributed by atoms with van der Waals surface area (Å²) in [6.07, 6.45) is 0. The van der Waals surface area contributed by atoms with Crippen LogP contribution in [0.2, 0.25) is 0 Å². The van der Waals surface area contributed by atoms with Gasteiger partial charge in [0.15, 0.2) is 0 Å². The zero-order chi connectivity index (χ0) is 21.6. The maximum absolute atomic E-state index is 5.56. The number of hydrogen-bond acceptors (Lipinski definition) is 6. The van der Waals surface area contributed by atoms with Crippen LogP contribution < -0.4 is 19.9 Å². The van der Waals surface area contributed by atoms with Crippen molar-refractivity contribution >= 4 is 34.7 Å². The third-order valence-electron chi connectivity index (χ3n) is 5.37. The van der Waals surface area contributed by atoms with Crippen molar-refractivity contribution in [3.8, 4) is 5.75 Å². The Kier molecular flexibility index (Phi) is 6.89. The van der Waals surface area contributed by atoms with Gasteiger partial charge < -0.3 is 19.9 Å². The molecule has 6 heteroatoms. The lowest BCUT2D eigenvalue weighted by Crippen LogP contribution is -2.46. The molecule has 1 N–H and O–H groups in total. The van der Waals surface area contributed by atoms with Crippen molar-refractivity contribution in [1.82, 2.24) is 4.31 Å². The number of nitrogens with zero attached hydrogens (tertiary/aromatic N) is 3. The predicted molar refractivity (Wildman–Crippen MR) is 133 cm³/mol.